The van der Waals surface area contributed by atoms with Crippen LogP contribution in [0, 0.1) is 6.92 Å². The van der Waals surface area contributed by atoms with Gasteiger partial charge in [-0.3, -0.25) is 15.1 Å². The van der Waals surface area contributed by atoms with Gasteiger partial charge in [0, 0.05) is 29.8 Å². The van der Waals surface area contributed by atoms with Crippen molar-refractivity contribution >= 4 is 5.82 Å². The molecule has 3 heterocycles. The highest BCUT2D eigenvalue weighted by atomic mass is 15.2. The average molecular weight is 251 g/mol. The largest absolute Gasteiger partial charge is 0.382 e. The van der Waals surface area contributed by atoms with E-state index in [4.69, 9.17) is 5.73 Å². The SMILES string of the molecule is Cc1ncccc1-c1[nH]nc(N)c1-c1ccncc1. The lowest BCUT2D eigenvalue weighted by Gasteiger charge is -2.06. The fourth-order valence-corrected chi connectivity index (χ4v) is 2.11. The van der Waals surface area contributed by atoms with Crippen LogP contribution in [0.2, 0.25) is 0 Å². The van der Waals surface area contributed by atoms with Crippen LogP contribution in [0.4, 0.5) is 5.82 Å². The van der Waals surface area contributed by atoms with Gasteiger partial charge in [0.15, 0.2) is 5.82 Å². The molecule has 0 bridgehead atoms. The molecule has 0 aliphatic rings. The van der Waals surface area contributed by atoms with Crippen molar-refractivity contribution in [3.63, 3.8) is 0 Å². The number of aromatic amines is 1. The zero-order valence-corrected chi connectivity index (χ0v) is 10.5. The molecule has 3 rings (SSSR count). The standard InChI is InChI=1S/C14H13N5/c1-9-11(3-2-6-17-9)13-12(14(15)19-18-13)10-4-7-16-8-5-10/h2-8H,1H3,(H3,15,18,19). The third kappa shape index (κ3) is 1.95. The Hall–Kier alpha value is -2.69. The van der Waals surface area contributed by atoms with Gasteiger partial charge in [0.2, 0.25) is 0 Å². The normalized spacial score (nSPS) is 10.6. The van der Waals surface area contributed by atoms with Gasteiger partial charge in [0.1, 0.15) is 0 Å². The number of aromatic nitrogens is 4. The van der Waals surface area contributed by atoms with Crippen LogP contribution in [-0.4, -0.2) is 20.2 Å². The van der Waals surface area contributed by atoms with E-state index in [0.717, 1.165) is 28.1 Å². The zero-order chi connectivity index (χ0) is 13.2. The van der Waals surface area contributed by atoms with Gasteiger partial charge in [-0.25, -0.2) is 0 Å². The molecule has 0 aromatic carbocycles. The number of nitrogens with one attached hydrogen (secondary N) is 1. The van der Waals surface area contributed by atoms with Gasteiger partial charge in [0.05, 0.1) is 11.3 Å². The van der Waals surface area contributed by atoms with Crippen LogP contribution in [0.3, 0.4) is 0 Å². The van der Waals surface area contributed by atoms with Crippen LogP contribution < -0.4 is 5.73 Å². The summed E-state index contributed by atoms with van der Waals surface area (Å²) in [5, 5.41) is 7.11. The van der Waals surface area contributed by atoms with Crippen LogP contribution in [0.25, 0.3) is 22.4 Å². The molecule has 0 saturated carbocycles. The molecule has 3 aromatic heterocycles. The maximum absolute atomic E-state index is 5.98. The van der Waals surface area contributed by atoms with Gasteiger partial charge in [-0.1, -0.05) is 0 Å². The lowest BCUT2D eigenvalue weighted by atomic mass is 10.0. The first-order chi connectivity index (χ1) is 9.27. The molecule has 0 amide bonds. The van der Waals surface area contributed by atoms with Crippen molar-refractivity contribution in [2.45, 2.75) is 6.92 Å². The van der Waals surface area contributed by atoms with Crippen LogP contribution in [0.15, 0.2) is 42.9 Å². The molecule has 19 heavy (non-hydrogen) atoms. The number of nitrogen functional groups attached to an aromatic ring is 1. The summed E-state index contributed by atoms with van der Waals surface area (Å²) in [6, 6.07) is 7.72. The molecule has 0 fully saturated rings. The minimum Gasteiger partial charge on any atom is -0.382 e. The van der Waals surface area contributed by atoms with E-state index >= 15 is 0 Å². The van der Waals surface area contributed by atoms with Gasteiger partial charge in [0.25, 0.3) is 0 Å². The molecule has 3 N–H and O–H groups in total. The summed E-state index contributed by atoms with van der Waals surface area (Å²) in [4.78, 5) is 8.32. The Bertz CT molecular complexity index is 703. The van der Waals surface area contributed by atoms with Crippen LogP contribution in [-0.2, 0) is 0 Å². The molecule has 3 aromatic rings. The number of hydrogen-bond acceptors (Lipinski definition) is 4. The minimum atomic E-state index is 0.476. The second kappa shape index (κ2) is 4.53. The fraction of sp³-hybridized carbons (Fsp3) is 0.0714. The van der Waals surface area contributed by atoms with Crippen molar-refractivity contribution < 1.29 is 0 Å². The van der Waals surface area contributed by atoms with E-state index in [1.165, 1.54) is 0 Å². The van der Waals surface area contributed by atoms with Crippen molar-refractivity contribution in [3.8, 4) is 22.4 Å². The van der Waals surface area contributed by atoms with Gasteiger partial charge in [-0.05, 0) is 36.8 Å². The van der Waals surface area contributed by atoms with E-state index in [0.29, 0.717) is 5.82 Å². The molecular weight excluding hydrogens is 238 g/mol. The molecule has 0 saturated heterocycles. The summed E-state index contributed by atoms with van der Waals surface area (Å²) in [5.74, 6) is 0.476. The third-order valence-corrected chi connectivity index (χ3v) is 3.04. The van der Waals surface area contributed by atoms with E-state index in [9.17, 15) is 0 Å². The molecule has 0 spiro atoms. The second-order valence-electron chi connectivity index (χ2n) is 4.23. The van der Waals surface area contributed by atoms with Crippen LogP contribution >= 0.6 is 0 Å². The van der Waals surface area contributed by atoms with Gasteiger partial charge in [-0.2, -0.15) is 5.10 Å². The summed E-state index contributed by atoms with van der Waals surface area (Å²) in [5.41, 5.74) is 10.7. The molecule has 0 aliphatic heterocycles. The number of H-pyrrole nitrogens is 1. The number of aryl methyl sites for hydroxylation is 1. The maximum Gasteiger partial charge on any atom is 0.153 e. The van der Waals surface area contributed by atoms with Crippen molar-refractivity contribution in [2.75, 3.05) is 5.73 Å². The maximum atomic E-state index is 5.98. The Morgan fingerprint density at radius 3 is 2.63 bits per heavy atom. The topological polar surface area (TPSA) is 80.5 Å². The summed E-state index contributed by atoms with van der Waals surface area (Å²) < 4.78 is 0. The predicted octanol–water partition coefficient (Wildman–Crippen LogP) is 2.42. The zero-order valence-electron chi connectivity index (χ0n) is 10.5. The molecular formula is C14H13N5. The van der Waals surface area contributed by atoms with Gasteiger partial charge in [-0.15, -0.1) is 0 Å². The summed E-state index contributed by atoms with van der Waals surface area (Å²) in [6.45, 7) is 1.96. The van der Waals surface area contributed by atoms with Gasteiger partial charge >= 0.3 is 0 Å². The lowest BCUT2D eigenvalue weighted by molar-refractivity contribution is 1.09. The Balaban J connectivity index is 2.23. The van der Waals surface area contributed by atoms with Crippen molar-refractivity contribution in [1.29, 1.82) is 0 Å². The summed E-state index contributed by atoms with van der Waals surface area (Å²) >= 11 is 0. The molecule has 0 radical (unpaired) electrons. The van der Waals surface area contributed by atoms with E-state index in [-0.39, 0.29) is 0 Å². The Morgan fingerprint density at radius 1 is 1.11 bits per heavy atom. The highest BCUT2D eigenvalue weighted by Crippen LogP contribution is 2.34. The molecule has 5 nitrogen and oxygen atoms in total. The van der Waals surface area contributed by atoms with E-state index in [1.807, 2.05) is 31.2 Å². The molecule has 94 valence electrons. The van der Waals surface area contributed by atoms with Crippen LogP contribution in [0.1, 0.15) is 5.69 Å². The number of nitrogens with two attached hydrogens (primary N) is 1. The Morgan fingerprint density at radius 2 is 1.89 bits per heavy atom. The Labute approximate surface area is 110 Å². The smallest absolute Gasteiger partial charge is 0.153 e. The Kier molecular flexibility index (Phi) is 2.72. The van der Waals surface area contributed by atoms with Gasteiger partial charge < -0.3 is 5.73 Å². The van der Waals surface area contributed by atoms with E-state index in [2.05, 4.69) is 20.2 Å². The molecule has 0 aliphatic carbocycles. The second-order valence-corrected chi connectivity index (χ2v) is 4.23. The minimum absolute atomic E-state index is 0.476. The number of nitrogens with zero attached hydrogens (tertiary/aromatic N) is 3. The third-order valence-electron chi connectivity index (χ3n) is 3.04. The van der Waals surface area contributed by atoms with E-state index in [1.54, 1.807) is 18.6 Å². The predicted molar refractivity (Wildman–Crippen MR) is 74.2 cm³/mol. The van der Waals surface area contributed by atoms with E-state index < -0.39 is 0 Å². The number of rotatable bonds is 2. The quantitative estimate of drug-likeness (QED) is 0.733. The first-order valence-electron chi connectivity index (χ1n) is 5.93. The molecule has 0 atom stereocenters. The summed E-state index contributed by atoms with van der Waals surface area (Å²) in [7, 11) is 0. The first kappa shape index (κ1) is 11.4. The highest BCUT2D eigenvalue weighted by Gasteiger charge is 2.16. The monoisotopic (exact) mass is 251 g/mol. The lowest BCUT2D eigenvalue weighted by Crippen LogP contribution is -1.91. The summed E-state index contributed by atoms with van der Waals surface area (Å²) in [6.07, 6.45) is 5.24. The van der Waals surface area contributed by atoms with Crippen molar-refractivity contribution in [1.82, 2.24) is 20.2 Å². The fourth-order valence-electron chi connectivity index (χ4n) is 2.11. The van der Waals surface area contributed by atoms with Crippen molar-refractivity contribution in [2.24, 2.45) is 0 Å². The van der Waals surface area contributed by atoms with Crippen molar-refractivity contribution in [3.05, 3.63) is 48.5 Å². The van der Waals surface area contributed by atoms with Crippen LogP contribution in [0.5, 0.6) is 0 Å². The first-order valence-corrected chi connectivity index (χ1v) is 5.93. The number of hydrogen-bond donors (Lipinski definition) is 2. The number of anilines is 1. The average Bonchev–Trinajstić information content (AvgIpc) is 2.82. The molecule has 5 heteroatoms. The highest BCUT2D eigenvalue weighted by molar-refractivity contribution is 5.88. The number of pyridine rings is 2. The molecule has 0 unspecified atom stereocenters.